The topological polar surface area (TPSA) is 95.9 Å². The predicted molar refractivity (Wildman–Crippen MR) is 250 cm³/mol. The van der Waals surface area contributed by atoms with Gasteiger partial charge in [0.15, 0.2) is 0 Å². The Morgan fingerprint density at radius 1 is 0.500 bits per heavy atom. The third-order valence-corrected chi connectivity index (χ3v) is 11.8. The van der Waals surface area contributed by atoms with Gasteiger partial charge in [-0.2, -0.15) is 0 Å². The van der Waals surface area contributed by atoms with Crippen LogP contribution in [0.25, 0.3) is 0 Å². The van der Waals surface area contributed by atoms with Crippen LogP contribution in [0, 0.1) is 0 Å². The Balaban J connectivity index is 4.58. The van der Waals surface area contributed by atoms with Crippen molar-refractivity contribution in [1.82, 2.24) is 5.32 Å². The molecular formula is C52H99NO5. The van der Waals surface area contributed by atoms with Crippen LogP contribution < -0.4 is 5.32 Å². The van der Waals surface area contributed by atoms with Crippen LogP contribution in [0.1, 0.15) is 271 Å². The number of unbranched alkanes of at least 4 members (excludes halogenated alkanes) is 31. The van der Waals surface area contributed by atoms with E-state index in [4.69, 9.17) is 4.74 Å². The largest absolute Gasteiger partial charge is 0.462 e. The number of carbonyl (C=O) groups is 2. The van der Waals surface area contributed by atoms with Gasteiger partial charge in [-0.1, -0.05) is 231 Å². The first-order chi connectivity index (χ1) is 28.5. The lowest BCUT2D eigenvalue weighted by Crippen LogP contribution is -2.46. The van der Waals surface area contributed by atoms with Crippen LogP contribution in [0.2, 0.25) is 0 Å². The summed E-state index contributed by atoms with van der Waals surface area (Å²) < 4.78 is 5.92. The van der Waals surface area contributed by atoms with Crippen molar-refractivity contribution in [1.29, 1.82) is 0 Å². The quantitative estimate of drug-likeness (QED) is 0.0323. The Morgan fingerprint density at radius 3 is 1.28 bits per heavy atom. The fraction of sp³-hybridized carbons (Fsp3) is 0.885. The van der Waals surface area contributed by atoms with Crippen molar-refractivity contribution in [3.05, 3.63) is 24.3 Å². The Bertz CT molecular complexity index is 919. The number of allylic oxidation sites excluding steroid dienone is 4. The number of hydrogen-bond donors (Lipinski definition) is 3. The van der Waals surface area contributed by atoms with Crippen molar-refractivity contribution < 1.29 is 24.5 Å². The molecule has 0 saturated carbocycles. The third-order valence-electron chi connectivity index (χ3n) is 11.8. The third kappa shape index (κ3) is 41.1. The smallest absolute Gasteiger partial charge is 0.306 e. The van der Waals surface area contributed by atoms with E-state index in [1.807, 2.05) is 0 Å². The molecule has 6 heteroatoms. The molecule has 0 spiro atoms. The molecule has 6 nitrogen and oxygen atoms in total. The molecule has 0 saturated heterocycles. The fourth-order valence-corrected chi connectivity index (χ4v) is 7.89. The van der Waals surface area contributed by atoms with E-state index in [9.17, 15) is 19.8 Å². The van der Waals surface area contributed by atoms with Gasteiger partial charge in [0.2, 0.25) is 5.91 Å². The summed E-state index contributed by atoms with van der Waals surface area (Å²) >= 11 is 0. The minimum atomic E-state index is -0.786. The number of aliphatic hydroxyl groups excluding tert-OH is 2. The van der Waals surface area contributed by atoms with Gasteiger partial charge in [-0.25, -0.2) is 0 Å². The molecule has 0 aromatic carbocycles. The first kappa shape index (κ1) is 56.3. The lowest BCUT2D eigenvalue weighted by atomic mass is 10.0. The Hall–Kier alpha value is -1.66. The Morgan fingerprint density at radius 2 is 0.862 bits per heavy atom. The van der Waals surface area contributed by atoms with E-state index in [2.05, 4.69) is 50.4 Å². The summed E-state index contributed by atoms with van der Waals surface area (Å²) in [6, 6.07) is -0.700. The van der Waals surface area contributed by atoms with Crippen LogP contribution in [0.3, 0.4) is 0 Å². The van der Waals surface area contributed by atoms with E-state index in [0.29, 0.717) is 19.3 Å². The average Bonchev–Trinajstić information content (AvgIpc) is 3.22. The van der Waals surface area contributed by atoms with Gasteiger partial charge in [-0.3, -0.25) is 9.59 Å². The summed E-state index contributed by atoms with van der Waals surface area (Å²) in [6.07, 6.45) is 52.4. The standard InChI is InChI=1S/C52H99NO5/c1-4-7-10-13-16-19-21-23-25-26-28-30-33-36-39-42-45-52(57)58-48(43-40-37-34-32-29-27-24-22-20-17-14-11-8-5-2)46-51(56)53-49(47-54)50(55)44-41-38-35-31-18-15-12-9-6-3/h25-26,28,30,48-50,54-55H,4-24,27,29,31-47H2,1-3H3,(H,53,56)/b26-25+,30-28+. The second-order valence-electron chi connectivity index (χ2n) is 17.6. The van der Waals surface area contributed by atoms with E-state index in [1.54, 1.807) is 0 Å². The summed E-state index contributed by atoms with van der Waals surface area (Å²) in [4.78, 5) is 26.1. The Kier molecular flexibility index (Phi) is 45.1. The SMILES string of the molecule is CCCCCCCCC/C=C/C=C/CCCCCC(=O)OC(CCCCCCCCCCCCCCCC)CC(=O)NC(CO)C(O)CCCCCCCCCCC. The highest BCUT2D eigenvalue weighted by atomic mass is 16.5. The van der Waals surface area contributed by atoms with Crippen molar-refractivity contribution in [2.75, 3.05) is 6.61 Å². The molecule has 3 atom stereocenters. The molecule has 3 N–H and O–H groups in total. The summed E-state index contributed by atoms with van der Waals surface area (Å²) in [6.45, 7) is 6.47. The molecule has 0 aliphatic carbocycles. The maximum atomic E-state index is 13.2. The summed E-state index contributed by atoms with van der Waals surface area (Å²) in [5, 5.41) is 23.7. The van der Waals surface area contributed by atoms with E-state index >= 15 is 0 Å². The molecule has 58 heavy (non-hydrogen) atoms. The highest BCUT2D eigenvalue weighted by Crippen LogP contribution is 2.18. The number of nitrogens with one attached hydrogen (secondary N) is 1. The first-order valence-electron chi connectivity index (χ1n) is 25.6. The van der Waals surface area contributed by atoms with Crippen LogP contribution in [-0.4, -0.2) is 46.9 Å². The van der Waals surface area contributed by atoms with Crippen molar-refractivity contribution >= 4 is 11.9 Å². The van der Waals surface area contributed by atoms with Crippen LogP contribution in [0.15, 0.2) is 24.3 Å². The lowest BCUT2D eigenvalue weighted by Gasteiger charge is -2.24. The molecule has 0 aromatic heterocycles. The van der Waals surface area contributed by atoms with E-state index in [-0.39, 0.29) is 24.9 Å². The molecule has 0 heterocycles. The number of carbonyl (C=O) groups excluding carboxylic acids is 2. The minimum absolute atomic E-state index is 0.0721. The monoisotopic (exact) mass is 818 g/mol. The fourth-order valence-electron chi connectivity index (χ4n) is 7.89. The number of amides is 1. The molecular weight excluding hydrogens is 719 g/mol. The minimum Gasteiger partial charge on any atom is -0.462 e. The van der Waals surface area contributed by atoms with Gasteiger partial charge in [-0.05, 0) is 51.4 Å². The molecule has 0 bridgehead atoms. The molecule has 0 aliphatic rings. The lowest BCUT2D eigenvalue weighted by molar-refractivity contribution is -0.151. The van der Waals surface area contributed by atoms with E-state index in [1.165, 1.54) is 161 Å². The number of ether oxygens (including phenoxy) is 1. The van der Waals surface area contributed by atoms with Gasteiger partial charge in [-0.15, -0.1) is 0 Å². The molecule has 342 valence electrons. The molecule has 1 amide bonds. The number of hydrogen-bond acceptors (Lipinski definition) is 5. The van der Waals surface area contributed by atoms with Gasteiger partial charge < -0.3 is 20.3 Å². The zero-order chi connectivity index (χ0) is 42.4. The maximum Gasteiger partial charge on any atom is 0.306 e. The second kappa shape index (κ2) is 46.4. The van der Waals surface area contributed by atoms with Gasteiger partial charge in [0.05, 0.1) is 25.2 Å². The second-order valence-corrected chi connectivity index (χ2v) is 17.6. The molecule has 0 aromatic rings. The van der Waals surface area contributed by atoms with E-state index < -0.39 is 18.2 Å². The Labute approximate surface area is 361 Å². The molecule has 0 fully saturated rings. The predicted octanol–water partition coefficient (Wildman–Crippen LogP) is 15.1. The summed E-state index contributed by atoms with van der Waals surface area (Å²) in [7, 11) is 0. The van der Waals surface area contributed by atoms with Crippen LogP contribution in [0.4, 0.5) is 0 Å². The van der Waals surface area contributed by atoms with Gasteiger partial charge in [0.1, 0.15) is 6.10 Å². The van der Waals surface area contributed by atoms with Gasteiger partial charge >= 0.3 is 5.97 Å². The first-order valence-corrected chi connectivity index (χ1v) is 25.6. The van der Waals surface area contributed by atoms with E-state index in [0.717, 1.165) is 64.2 Å². The van der Waals surface area contributed by atoms with Crippen molar-refractivity contribution in [2.45, 2.75) is 289 Å². The van der Waals surface area contributed by atoms with Crippen molar-refractivity contribution in [3.63, 3.8) is 0 Å². The van der Waals surface area contributed by atoms with Crippen LogP contribution in [0.5, 0.6) is 0 Å². The molecule has 0 aliphatic heterocycles. The van der Waals surface area contributed by atoms with Gasteiger partial charge in [0.25, 0.3) is 0 Å². The highest BCUT2D eigenvalue weighted by molar-refractivity contribution is 5.77. The number of esters is 1. The van der Waals surface area contributed by atoms with Gasteiger partial charge in [0, 0.05) is 6.42 Å². The van der Waals surface area contributed by atoms with Crippen LogP contribution in [-0.2, 0) is 14.3 Å². The molecule has 0 radical (unpaired) electrons. The summed E-state index contributed by atoms with van der Waals surface area (Å²) in [5.74, 6) is -0.493. The van der Waals surface area contributed by atoms with Crippen molar-refractivity contribution in [3.8, 4) is 0 Å². The zero-order valence-corrected chi connectivity index (χ0v) is 38.9. The average molecular weight is 818 g/mol. The molecule has 3 unspecified atom stereocenters. The normalized spacial score (nSPS) is 13.4. The van der Waals surface area contributed by atoms with Crippen LogP contribution >= 0.6 is 0 Å². The number of rotatable bonds is 46. The maximum absolute atomic E-state index is 13.2. The highest BCUT2D eigenvalue weighted by Gasteiger charge is 2.24. The van der Waals surface area contributed by atoms with Crippen molar-refractivity contribution in [2.24, 2.45) is 0 Å². The molecule has 0 rings (SSSR count). The summed E-state index contributed by atoms with van der Waals surface area (Å²) in [5.41, 5.74) is 0. The zero-order valence-electron chi connectivity index (χ0n) is 38.9. The number of aliphatic hydroxyl groups is 2.